The predicted octanol–water partition coefficient (Wildman–Crippen LogP) is 2.34. The Morgan fingerprint density at radius 3 is 2.64 bits per heavy atom. The largest absolute Gasteiger partial charge is 0.270 e. The number of hydrogen-bond donors (Lipinski definition) is 0. The Bertz CT molecular complexity index is 303. The first-order valence-electron chi connectivity index (χ1n) is 2.70. The molecule has 0 unspecified atom stereocenters. The predicted molar refractivity (Wildman–Crippen MR) is 45.8 cm³/mol. The molecule has 1 rings (SSSR count). The first-order chi connectivity index (χ1) is 5.11. The summed E-state index contributed by atoms with van der Waals surface area (Å²) in [4.78, 5) is 9.59. The molecule has 0 radical (unpaired) electrons. The Morgan fingerprint density at radius 2 is 2.18 bits per heavy atom. The second-order valence-corrected chi connectivity index (χ2v) is 3.02. The van der Waals surface area contributed by atoms with Gasteiger partial charge in [0.1, 0.15) is 5.82 Å². The second kappa shape index (κ2) is 3.12. The topological polar surface area (TPSA) is 43.1 Å². The number of nitro groups is 1. The van der Waals surface area contributed by atoms with Crippen LogP contribution < -0.4 is 0 Å². The smallest absolute Gasteiger partial charge is 0.258 e. The van der Waals surface area contributed by atoms with Gasteiger partial charge in [-0.15, -0.1) is 0 Å². The summed E-state index contributed by atoms with van der Waals surface area (Å²) < 4.78 is 12.8. The van der Waals surface area contributed by atoms with Crippen molar-refractivity contribution in [1.82, 2.24) is 0 Å². The molecule has 0 aliphatic rings. The van der Waals surface area contributed by atoms with E-state index in [0.717, 1.165) is 12.1 Å². The highest BCUT2D eigenvalue weighted by atomic mass is 127. The molecule has 0 saturated carbocycles. The fourth-order valence-electron chi connectivity index (χ4n) is 0.599. The maximum atomic E-state index is 12.5. The molecule has 0 spiro atoms. The van der Waals surface area contributed by atoms with Crippen molar-refractivity contribution in [2.24, 2.45) is 0 Å². The fraction of sp³-hybridized carbons (Fsp3) is 0. The third-order valence-corrected chi connectivity index (χ3v) is 1.94. The zero-order valence-corrected chi connectivity index (χ0v) is 7.41. The molecule has 0 aliphatic heterocycles. The number of nitrogens with zero attached hydrogens (tertiary/aromatic N) is 1. The highest BCUT2D eigenvalue weighted by Gasteiger charge is 2.07. The van der Waals surface area contributed by atoms with E-state index in [0.29, 0.717) is 0 Å². The molecule has 11 heavy (non-hydrogen) atoms. The van der Waals surface area contributed by atoms with Gasteiger partial charge in [-0.3, -0.25) is 10.1 Å². The minimum Gasteiger partial charge on any atom is -0.258 e. The molecule has 0 aromatic heterocycles. The average molecular weight is 267 g/mol. The van der Waals surface area contributed by atoms with Crippen molar-refractivity contribution >= 4 is 28.3 Å². The highest BCUT2D eigenvalue weighted by Crippen LogP contribution is 2.17. The number of hydrogen-bond acceptors (Lipinski definition) is 2. The normalized spacial score (nSPS) is 9.64. The van der Waals surface area contributed by atoms with Crippen LogP contribution in [0.4, 0.5) is 10.1 Å². The lowest BCUT2D eigenvalue weighted by Gasteiger charge is -1.92. The molecule has 0 amide bonds. The summed E-state index contributed by atoms with van der Waals surface area (Å²) in [6, 6.07) is 3.41. The van der Waals surface area contributed by atoms with Gasteiger partial charge in [-0.25, -0.2) is 4.39 Å². The van der Waals surface area contributed by atoms with Gasteiger partial charge >= 0.3 is 0 Å². The summed E-state index contributed by atoms with van der Waals surface area (Å²) in [7, 11) is 0. The van der Waals surface area contributed by atoms with Crippen molar-refractivity contribution < 1.29 is 9.31 Å². The van der Waals surface area contributed by atoms with Gasteiger partial charge in [0.25, 0.3) is 5.69 Å². The van der Waals surface area contributed by atoms with Gasteiger partial charge in [-0.05, 0) is 28.7 Å². The third kappa shape index (κ3) is 1.86. The lowest BCUT2D eigenvalue weighted by molar-refractivity contribution is -0.385. The maximum Gasteiger partial charge on any atom is 0.270 e. The van der Waals surface area contributed by atoms with E-state index in [4.69, 9.17) is 0 Å². The fourth-order valence-corrected chi connectivity index (χ4v) is 1.10. The van der Waals surface area contributed by atoms with E-state index in [2.05, 4.69) is 0 Å². The van der Waals surface area contributed by atoms with Crippen LogP contribution in [0.3, 0.4) is 0 Å². The van der Waals surface area contributed by atoms with Crippen LogP contribution in [0.15, 0.2) is 18.2 Å². The lowest BCUT2D eigenvalue weighted by atomic mass is 10.3. The number of non-ortho nitro benzene ring substituents is 1. The van der Waals surface area contributed by atoms with Crippen LogP contribution in [0, 0.1) is 19.5 Å². The third-order valence-electron chi connectivity index (χ3n) is 1.11. The van der Waals surface area contributed by atoms with Crippen LogP contribution in [-0.4, -0.2) is 4.92 Å². The van der Waals surface area contributed by atoms with Crippen molar-refractivity contribution in [3.63, 3.8) is 0 Å². The van der Waals surface area contributed by atoms with Gasteiger partial charge in [0.15, 0.2) is 0 Å². The Labute approximate surface area is 75.5 Å². The van der Waals surface area contributed by atoms with Crippen LogP contribution in [0.2, 0.25) is 0 Å². The molecule has 0 atom stereocenters. The van der Waals surface area contributed by atoms with Gasteiger partial charge in [0.2, 0.25) is 0 Å². The minimum atomic E-state index is -0.554. The first-order valence-corrected chi connectivity index (χ1v) is 3.78. The molecule has 0 N–H and O–H groups in total. The first kappa shape index (κ1) is 8.38. The Balaban J connectivity index is 3.15. The van der Waals surface area contributed by atoms with Gasteiger partial charge in [-0.2, -0.15) is 0 Å². The Morgan fingerprint density at radius 1 is 1.55 bits per heavy atom. The second-order valence-electron chi connectivity index (χ2n) is 1.86. The number of nitro benzene ring substituents is 1. The van der Waals surface area contributed by atoms with E-state index >= 15 is 0 Å². The number of halogens is 2. The summed E-state index contributed by atoms with van der Waals surface area (Å²) in [5, 5.41) is 10.1. The lowest BCUT2D eigenvalue weighted by Crippen LogP contribution is -1.89. The van der Waals surface area contributed by atoms with E-state index < -0.39 is 10.7 Å². The molecule has 0 aliphatic carbocycles. The zero-order chi connectivity index (χ0) is 8.43. The van der Waals surface area contributed by atoms with Crippen molar-refractivity contribution in [2.75, 3.05) is 0 Å². The van der Waals surface area contributed by atoms with E-state index in [9.17, 15) is 14.5 Å². The monoisotopic (exact) mass is 267 g/mol. The van der Waals surface area contributed by atoms with Gasteiger partial charge in [0.05, 0.1) is 8.49 Å². The molecule has 58 valence electrons. The highest BCUT2D eigenvalue weighted by molar-refractivity contribution is 14.1. The van der Waals surface area contributed by atoms with Crippen molar-refractivity contribution in [2.45, 2.75) is 0 Å². The minimum absolute atomic E-state index is 0.0872. The number of benzene rings is 1. The molecule has 0 bridgehead atoms. The Kier molecular flexibility index (Phi) is 2.38. The van der Waals surface area contributed by atoms with Crippen LogP contribution in [0.5, 0.6) is 0 Å². The molecule has 3 nitrogen and oxygen atoms in total. The summed E-state index contributed by atoms with van der Waals surface area (Å²) in [6.45, 7) is 0. The van der Waals surface area contributed by atoms with E-state index in [-0.39, 0.29) is 9.26 Å². The molecular formula is C6H3FINO2. The average Bonchev–Trinajstić information content (AvgIpc) is 1.94. The molecule has 1 aromatic rings. The summed E-state index contributed by atoms with van der Waals surface area (Å²) in [5.41, 5.74) is -0.0872. The molecule has 1 aromatic carbocycles. The molecule has 0 fully saturated rings. The van der Waals surface area contributed by atoms with E-state index in [1.807, 2.05) is 0 Å². The molecular weight excluding hydrogens is 264 g/mol. The van der Waals surface area contributed by atoms with Gasteiger partial charge in [0, 0.05) is 12.1 Å². The van der Waals surface area contributed by atoms with Crippen LogP contribution >= 0.6 is 22.6 Å². The molecule has 0 saturated heterocycles. The van der Waals surface area contributed by atoms with Gasteiger partial charge in [-0.1, -0.05) is 0 Å². The Hall–Kier alpha value is -0.720. The molecule has 0 heterocycles. The number of rotatable bonds is 1. The summed E-state index contributed by atoms with van der Waals surface area (Å²) >= 11 is 1.70. The van der Waals surface area contributed by atoms with Crippen LogP contribution in [0.1, 0.15) is 0 Å². The summed E-state index contributed by atoms with van der Waals surface area (Å²) in [6.07, 6.45) is 0. The SMILES string of the molecule is O=[N+]([O-])c1ccc(F)c(I)c1. The van der Waals surface area contributed by atoms with Gasteiger partial charge < -0.3 is 0 Å². The van der Waals surface area contributed by atoms with Crippen molar-refractivity contribution in [3.05, 3.63) is 37.7 Å². The molecule has 5 heteroatoms. The van der Waals surface area contributed by atoms with Crippen LogP contribution in [-0.2, 0) is 0 Å². The quantitative estimate of drug-likeness (QED) is 0.445. The van der Waals surface area contributed by atoms with E-state index in [1.54, 1.807) is 22.6 Å². The standard InChI is InChI=1S/C6H3FINO2/c7-5-2-1-4(9(10)11)3-6(5)8/h1-3H. The van der Waals surface area contributed by atoms with Crippen molar-refractivity contribution in [1.29, 1.82) is 0 Å². The zero-order valence-electron chi connectivity index (χ0n) is 5.25. The van der Waals surface area contributed by atoms with Crippen molar-refractivity contribution in [3.8, 4) is 0 Å². The van der Waals surface area contributed by atoms with E-state index in [1.165, 1.54) is 6.07 Å². The summed E-state index contributed by atoms with van der Waals surface area (Å²) in [5.74, 6) is -0.434. The van der Waals surface area contributed by atoms with Crippen LogP contribution in [0.25, 0.3) is 0 Å². The maximum absolute atomic E-state index is 12.5.